The third-order valence-electron chi connectivity index (χ3n) is 4.95. The van der Waals surface area contributed by atoms with Crippen molar-refractivity contribution in [3.05, 3.63) is 75.2 Å². The Morgan fingerprint density at radius 2 is 2.09 bits per heavy atom. The van der Waals surface area contributed by atoms with Gasteiger partial charge in [-0.3, -0.25) is 9.69 Å². The molecule has 0 saturated heterocycles. The van der Waals surface area contributed by atoms with Crippen LogP contribution in [0.15, 0.2) is 47.8 Å². The van der Waals surface area contributed by atoms with Gasteiger partial charge in [0.15, 0.2) is 0 Å². The fraction of sp³-hybridized carbons (Fsp3) is 0.375. The smallest absolute Gasteiger partial charge is 0.348 e. The monoisotopic (exact) mass is 471 g/mol. The van der Waals surface area contributed by atoms with E-state index >= 15 is 0 Å². The van der Waals surface area contributed by atoms with Crippen molar-refractivity contribution in [2.75, 3.05) is 26.4 Å². The molecule has 2 aromatic heterocycles. The number of thiophene rings is 1. The molecule has 2 heterocycles. The number of nitrogens with zero attached hydrogens (tertiary/aromatic N) is 2. The van der Waals surface area contributed by atoms with Gasteiger partial charge in [0.1, 0.15) is 15.5 Å². The molecule has 176 valence electrons. The average Bonchev–Trinajstić information content (AvgIpc) is 3.11. The highest BCUT2D eigenvalue weighted by molar-refractivity contribution is 7.20. The molecule has 2 N–H and O–H groups in total. The second-order valence-corrected chi connectivity index (χ2v) is 8.60. The highest BCUT2D eigenvalue weighted by Gasteiger charge is 2.21. The van der Waals surface area contributed by atoms with Gasteiger partial charge in [-0.2, -0.15) is 0 Å². The van der Waals surface area contributed by atoms with Crippen molar-refractivity contribution >= 4 is 27.5 Å². The van der Waals surface area contributed by atoms with E-state index in [9.17, 15) is 14.7 Å². The van der Waals surface area contributed by atoms with Crippen molar-refractivity contribution in [2.45, 2.75) is 33.0 Å². The number of rotatable bonds is 12. The molecular weight excluding hydrogens is 442 g/mol. The van der Waals surface area contributed by atoms with Gasteiger partial charge in [-0.1, -0.05) is 36.4 Å². The summed E-state index contributed by atoms with van der Waals surface area (Å²) >= 11 is 1.16. The van der Waals surface area contributed by atoms with E-state index in [0.29, 0.717) is 52.7 Å². The molecule has 3 rings (SSSR count). The molecule has 0 radical (unpaired) electrons. The Labute approximate surface area is 196 Å². The molecule has 0 aliphatic carbocycles. The molecule has 0 saturated carbocycles. The molecule has 1 atom stereocenters. The Morgan fingerprint density at radius 3 is 2.79 bits per heavy atom. The van der Waals surface area contributed by atoms with Crippen LogP contribution in [0.4, 0.5) is 0 Å². The third kappa shape index (κ3) is 6.58. The van der Waals surface area contributed by atoms with Crippen LogP contribution in [0, 0.1) is 6.92 Å². The predicted molar refractivity (Wildman–Crippen MR) is 129 cm³/mol. The molecule has 0 aliphatic heterocycles. The van der Waals surface area contributed by atoms with Gasteiger partial charge in [0.05, 0.1) is 37.9 Å². The van der Waals surface area contributed by atoms with Crippen LogP contribution < -0.4 is 5.56 Å². The first-order chi connectivity index (χ1) is 15.9. The summed E-state index contributed by atoms with van der Waals surface area (Å²) in [5, 5.41) is 10.8. The molecule has 0 bridgehead atoms. The van der Waals surface area contributed by atoms with Gasteiger partial charge >= 0.3 is 5.97 Å². The minimum absolute atomic E-state index is 0.174. The van der Waals surface area contributed by atoms with Gasteiger partial charge in [-0.25, -0.2) is 9.78 Å². The lowest BCUT2D eigenvalue weighted by atomic mass is 10.2. The Hall–Kier alpha value is -2.85. The van der Waals surface area contributed by atoms with E-state index in [4.69, 9.17) is 9.47 Å². The zero-order chi connectivity index (χ0) is 23.8. The number of aliphatic hydroxyl groups excluding tert-OH is 1. The first kappa shape index (κ1) is 24.8. The molecule has 0 aliphatic rings. The lowest BCUT2D eigenvalue weighted by Crippen LogP contribution is -2.35. The van der Waals surface area contributed by atoms with Crippen molar-refractivity contribution in [3.63, 3.8) is 0 Å². The lowest BCUT2D eigenvalue weighted by molar-refractivity contribution is 0.0223. The number of carbonyl (C=O) groups excluding carboxylic acids is 1. The van der Waals surface area contributed by atoms with Crippen LogP contribution in [-0.4, -0.2) is 58.4 Å². The van der Waals surface area contributed by atoms with Crippen molar-refractivity contribution in [1.82, 2.24) is 14.9 Å². The molecule has 33 heavy (non-hydrogen) atoms. The standard InChI is InChI=1S/C24H29N3O5S/c1-4-11-31-15-18(28)13-27(12-17-9-7-6-8-10-17)14-19-25-22(29)20-16(3)21(24(30)32-5-2)33-23(20)26-19/h4,6-10,18,28H,1,5,11-15H2,2-3H3,(H,25,26,29). The van der Waals surface area contributed by atoms with E-state index in [0.717, 1.165) is 16.9 Å². The predicted octanol–water partition coefficient (Wildman–Crippen LogP) is 3.04. The lowest BCUT2D eigenvalue weighted by Gasteiger charge is -2.24. The van der Waals surface area contributed by atoms with Gasteiger partial charge in [0.25, 0.3) is 5.56 Å². The summed E-state index contributed by atoms with van der Waals surface area (Å²) in [7, 11) is 0. The Morgan fingerprint density at radius 1 is 1.33 bits per heavy atom. The van der Waals surface area contributed by atoms with E-state index in [1.807, 2.05) is 35.2 Å². The summed E-state index contributed by atoms with van der Waals surface area (Å²) in [6.45, 7) is 9.05. The molecule has 0 spiro atoms. The Kier molecular flexibility index (Phi) is 8.90. The van der Waals surface area contributed by atoms with Crippen LogP contribution >= 0.6 is 11.3 Å². The number of fused-ring (bicyclic) bond motifs is 1. The average molecular weight is 472 g/mol. The summed E-state index contributed by atoms with van der Waals surface area (Å²) < 4.78 is 10.5. The number of nitrogens with one attached hydrogen (secondary N) is 1. The summed E-state index contributed by atoms with van der Waals surface area (Å²) in [6.07, 6.45) is 0.912. The van der Waals surface area contributed by atoms with Crippen LogP contribution in [0.5, 0.6) is 0 Å². The molecular formula is C24H29N3O5S. The number of H-pyrrole nitrogens is 1. The van der Waals surface area contributed by atoms with Crippen LogP contribution in [0.2, 0.25) is 0 Å². The van der Waals surface area contributed by atoms with Gasteiger partial charge < -0.3 is 19.6 Å². The molecule has 1 unspecified atom stereocenters. The van der Waals surface area contributed by atoms with Crippen LogP contribution in [0.3, 0.4) is 0 Å². The van der Waals surface area contributed by atoms with Gasteiger partial charge in [0, 0.05) is 13.1 Å². The maximum atomic E-state index is 12.8. The first-order valence-corrected chi connectivity index (χ1v) is 11.6. The molecule has 1 aromatic carbocycles. The fourth-order valence-electron chi connectivity index (χ4n) is 3.53. The number of hydrogen-bond donors (Lipinski definition) is 2. The quantitative estimate of drug-likeness (QED) is 0.238. The normalized spacial score (nSPS) is 12.2. The third-order valence-corrected chi connectivity index (χ3v) is 6.11. The molecule has 3 aromatic rings. The summed E-state index contributed by atoms with van der Waals surface area (Å²) in [5.74, 6) is 0.00611. The van der Waals surface area contributed by atoms with E-state index in [2.05, 4.69) is 16.5 Å². The van der Waals surface area contributed by atoms with E-state index in [1.165, 1.54) is 0 Å². The van der Waals surface area contributed by atoms with Crippen LogP contribution in [-0.2, 0) is 22.6 Å². The fourth-order valence-corrected chi connectivity index (χ4v) is 4.63. The summed E-state index contributed by atoms with van der Waals surface area (Å²) in [4.78, 5) is 35.4. The van der Waals surface area contributed by atoms with Crippen molar-refractivity contribution in [2.24, 2.45) is 0 Å². The minimum Gasteiger partial charge on any atom is -0.462 e. The number of hydrogen-bond acceptors (Lipinski definition) is 8. The van der Waals surface area contributed by atoms with Crippen LogP contribution in [0.1, 0.15) is 33.5 Å². The van der Waals surface area contributed by atoms with E-state index < -0.39 is 12.1 Å². The highest BCUT2D eigenvalue weighted by Crippen LogP contribution is 2.27. The number of aliphatic hydroxyl groups is 1. The number of carbonyl (C=O) groups is 1. The number of aromatic amines is 1. The maximum Gasteiger partial charge on any atom is 0.348 e. The number of aryl methyl sites for hydroxylation is 1. The summed E-state index contributed by atoms with van der Waals surface area (Å²) in [6, 6.07) is 9.85. The van der Waals surface area contributed by atoms with Gasteiger partial charge in [-0.05, 0) is 25.0 Å². The number of esters is 1. The molecule has 8 nitrogen and oxygen atoms in total. The van der Waals surface area contributed by atoms with Gasteiger partial charge in [0.2, 0.25) is 0 Å². The molecule has 0 fully saturated rings. The zero-order valence-corrected chi connectivity index (χ0v) is 19.7. The van der Waals surface area contributed by atoms with E-state index in [-0.39, 0.29) is 18.8 Å². The topological polar surface area (TPSA) is 105 Å². The largest absolute Gasteiger partial charge is 0.462 e. The highest BCUT2D eigenvalue weighted by atomic mass is 32.1. The van der Waals surface area contributed by atoms with Crippen LogP contribution in [0.25, 0.3) is 10.2 Å². The number of aromatic nitrogens is 2. The number of benzene rings is 1. The molecule has 9 heteroatoms. The second kappa shape index (κ2) is 11.9. The van der Waals surface area contributed by atoms with E-state index in [1.54, 1.807) is 19.9 Å². The second-order valence-electron chi connectivity index (χ2n) is 7.60. The van der Waals surface area contributed by atoms with Crippen molar-refractivity contribution in [1.29, 1.82) is 0 Å². The SMILES string of the molecule is C=CCOCC(O)CN(Cc1ccccc1)Cc1nc2sc(C(=O)OCC)c(C)c2c(=O)[nH]1. The molecule has 0 amide bonds. The maximum absolute atomic E-state index is 12.8. The Balaban J connectivity index is 1.85. The van der Waals surface area contributed by atoms with Crippen molar-refractivity contribution < 1.29 is 19.4 Å². The van der Waals surface area contributed by atoms with Crippen molar-refractivity contribution in [3.8, 4) is 0 Å². The minimum atomic E-state index is -0.719. The zero-order valence-electron chi connectivity index (χ0n) is 18.9. The number of ether oxygens (including phenoxy) is 2. The summed E-state index contributed by atoms with van der Waals surface area (Å²) in [5.41, 5.74) is 1.34. The first-order valence-electron chi connectivity index (χ1n) is 10.7. The van der Waals surface area contributed by atoms with Gasteiger partial charge in [-0.15, -0.1) is 17.9 Å². The Bertz CT molecular complexity index is 1140.